The third-order valence-corrected chi connectivity index (χ3v) is 2.90. The van der Waals surface area contributed by atoms with Crippen molar-refractivity contribution in [2.45, 2.75) is 38.2 Å². The third-order valence-electron chi connectivity index (χ3n) is 2.25. The van der Waals surface area contributed by atoms with Crippen LogP contribution in [0.25, 0.3) is 0 Å². The van der Waals surface area contributed by atoms with Crippen LogP contribution in [0, 0.1) is 0 Å². The van der Waals surface area contributed by atoms with E-state index in [-0.39, 0.29) is 12.6 Å². The highest BCUT2D eigenvalue weighted by Crippen LogP contribution is 2.43. The minimum atomic E-state index is -3.42. The highest BCUT2D eigenvalue weighted by atomic mass is 32.2. The maximum Gasteiger partial charge on any atom is 0.305 e. The molecule has 0 aromatic rings. The molecule has 0 aliphatic heterocycles. The Labute approximate surface area is 89.9 Å². The predicted octanol–water partition coefficient (Wildman–Crippen LogP) is 0.838. The molecule has 0 atom stereocenters. The molecule has 1 fully saturated rings. The fourth-order valence-electron chi connectivity index (χ4n) is 1.29. The Morgan fingerprint density at radius 1 is 1.40 bits per heavy atom. The fourth-order valence-corrected chi connectivity index (χ4v) is 2.18. The largest absolute Gasteiger partial charge is 0.466 e. The van der Waals surface area contributed by atoms with Gasteiger partial charge in [0.1, 0.15) is 0 Å². The number of hydrogen-bond donors (Lipinski definition) is 0. The van der Waals surface area contributed by atoms with Crippen LogP contribution in [0.1, 0.15) is 32.6 Å². The second kappa shape index (κ2) is 4.49. The van der Waals surface area contributed by atoms with Crippen LogP contribution in [0.4, 0.5) is 0 Å². The zero-order chi connectivity index (χ0) is 11.5. The first-order valence-corrected chi connectivity index (χ1v) is 6.75. The molecule has 0 aromatic carbocycles. The van der Waals surface area contributed by atoms with Crippen LogP contribution in [0.15, 0.2) is 0 Å². The smallest absolute Gasteiger partial charge is 0.305 e. The van der Waals surface area contributed by atoms with Gasteiger partial charge in [0, 0.05) is 12.8 Å². The molecule has 0 heterocycles. The summed E-state index contributed by atoms with van der Waals surface area (Å²) in [5.74, 6) is -0.273. The van der Waals surface area contributed by atoms with Gasteiger partial charge >= 0.3 is 5.97 Å². The molecule has 1 aliphatic rings. The minimum absolute atomic E-state index is 0.224. The highest BCUT2D eigenvalue weighted by Gasteiger charge is 2.46. The van der Waals surface area contributed by atoms with Gasteiger partial charge in [-0.25, -0.2) is 0 Å². The van der Waals surface area contributed by atoms with Crippen LogP contribution in [0.2, 0.25) is 0 Å². The Balaban J connectivity index is 2.29. The number of rotatable bonds is 6. The van der Waals surface area contributed by atoms with Crippen molar-refractivity contribution in [2.24, 2.45) is 0 Å². The van der Waals surface area contributed by atoms with Gasteiger partial charge in [-0.3, -0.25) is 8.98 Å². The van der Waals surface area contributed by atoms with Gasteiger partial charge in [-0.1, -0.05) is 6.92 Å². The van der Waals surface area contributed by atoms with E-state index in [0.717, 1.165) is 6.26 Å². The maximum absolute atomic E-state index is 10.9. The maximum atomic E-state index is 10.9. The Morgan fingerprint density at radius 2 is 2.00 bits per heavy atom. The van der Waals surface area contributed by atoms with Gasteiger partial charge in [0.25, 0.3) is 10.1 Å². The average molecular weight is 236 g/mol. The van der Waals surface area contributed by atoms with E-state index in [1.165, 1.54) is 0 Å². The van der Waals surface area contributed by atoms with Crippen molar-refractivity contribution in [3.63, 3.8) is 0 Å². The molecule has 0 aromatic heterocycles. The SMILES string of the molecule is CCC(=O)OCCC1(OS(C)(=O)=O)CC1. The predicted molar refractivity (Wildman–Crippen MR) is 53.8 cm³/mol. The molecule has 0 unspecified atom stereocenters. The van der Waals surface area contributed by atoms with E-state index in [1.807, 2.05) is 0 Å². The lowest BCUT2D eigenvalue weighted by molar-refractivity contribution is -0.143. The fraction of sp³-hybridized carbons (Fsp3) is 0.889. The van der Waals surface area contributed by atoms with Crippen LogP contribution in [0.5, 0.6) is 0 Å². The van der Waals surface area contributed by atoms with Crippen molar-refractivity contribution in [1.29, 1.82) is 0 Å². The van der Waals surface area contributed by atoms with Crippen molar-refractivity contribution in [3.05, 3.63) is 0 Å². The molecule has 0 spiro atoms. The van der Waals surface area contributed by atoms with E-state index in [9.17, 15) is 13.2 Å². The molecule has 0 N–H and O–H groups in total. The lowest BCUT2D eigenvalue weighted by Gasteiger charge is -2.14. The summed E-state index contributed by atoms with van der Waals surface area (Å²) in [7, 11) is -3.42. The molecule has 15 heavy (non-hydrogen) atoms. The Hall–Kier alpha value is -0.620. The number of ether oxygens (including phenoxy) is 1. The van der Waals surface area contributed by atoms with E-state index in [0.29, 0.717) is 25.7 Å². The first-order chi connectivity index (χ1) is 6.87. The van der Waals surface area contributed by atoms with E-state index in [1.54, 1.807) is 6.92 Å². The van der Waals surface area contributed by atoms with E-state index in [4.69, 9.17) is 8.92 Å². The average Bonchev–Trinajstić information content (AvgIpc) is 2.81. The Bertz CT molecular complexity index is 328. The molecular weight excluding hydrogens is 220 g/mol. The van der Waals surface area contributed by atoms with Gasteiger partial charge in [-0.2, -0.15) is 8.42 Å². The summed E-state index contributed by atoms with van der Waals surface area (Å²) in [5, 5.41) is 0. The van der Waals surface area contributed by atoms with Crippen molar-refractivity contribution in [2.75, 3.05) is 12.9 Å². The molecule has 0 amide bonds. The summed E-state index contributed by atoms with van der Waals surface area (Å²) in [6, 6.07) is 0. The summed E-state index contributed by atoms with van der Waals surface area (Å²) in [6.07, 6.45) is 3.24. The lowest BCUT2D eigenvalue weighted by atomic mass is 10.2. The quantitative estimate of drug-likeness (QED) is 0.505. The monoisotopic (exact) mass is 236 g/mol. The topological polar surface area (TPSA) is 69.7 Å². The summed E-state index contributed by atoms with van der Waals surface area (Å²) in [5.41, 5.74) is -0.596. The summed E-state index contributed by atoms with van der Waals surface area (Å²) in [4.78, 5) is 10.8. The van der Waals surface area contributed by atoms with Crippen LogP contribution in [-0.4, -0.2) is 32.9 Å². The van der Waals surface area contributed by atoms with Gasteiger partial charge in [0.15, 0.2) is 0 Å². The molecule has 5 nitrogen and oxygen atoms in total. The number of esters is 1. The van der Waals surface area contributed by atoms with Crippen LogP contribution >= 0.6 is 0 Å². The van der Waals surface area contributed by atoms with Gasteiger partial charge in [0.2, 0.25) is 0 Å². The molecule has 0 saturated heterocycles. The van der Waals surface area contributed by atoms with Crippen molar-refractivity contribution in [1.82, 2.24) is 0 Å². The second-order valence-electron chi connectivity index (χ2n) is 3.79. The molecule has 1 rings (SSSR count). The zero-order valence-electron chi connectivity index (χ0n) is 8.99. The molecule has 1 saturated carbocycles. The summed E-state index contributed by atoms with van der Waals surface area (Å²) < 4.78 is 31.6. The first kappa shape index (κ1) is 12.4. The number of carbonyl (C=O) groups is 1. The summed E-state index contributed by atoms with van der Waals surface area (Å²) >= 11 is 0. The third kappa shape index (κ3) is 4.61. The lowest BCUT2D eigenvalue weighted by Crippen LogP contribution is -2.21. The molecule has 6 heteroatoms. The van der Waals surface area contributed by atoms with Gasteiger partial charge in [0.05, 0.1) is 18.5 Å². The molecular formula is C9H16O5S. The van der Waals surface area contributed by atoms with E-state index >= 15 is 0 Å². The Kier molecular flexibility index (Phi) is 3.72. The van der Waals surface area contributed by atoms with Crippen molar-refractivity contribution in [3.8, 4) is 0 Å². The second-order valence-corrected chi connectivity index (χ2v) is 5.37. The summed E-state index contributed by atoms with van der Waals surface area (Å²) in [6.45, 7) is 1.93. The number of hydrogen-bond acceptors (Lipinski definition) is 5. The van der Waals surface area contributed by atoms with Crippen LogP contribution < -0.4 is 0 Å². The van der Waals surface area contributed by atoms with Gasteiger partial charge < -0.3 is 4.74 Å². The van der Waals surface area contributed by atoms with Gasteiger partial charge in [-0.15, -0.1) is 0 Å². The molecule has 0 radical (unpaired) electrons. The first-order valence-electron chi connectivity index (χ1n) is 4.93. The zero-order valence-corrected chi connectivity index (χ0v) is 9.80. The van der Waals surface area contributed by atoms with Crippen LogP contribution in [0.3, 0.4) is 0 Å². The van der Waals surface area contributed by atoms with E-state index in [2.05, 4.69) is 0 Å². The Morgan fingerprint density at radius 3 is 2.40 bits per heavy atom. The molecule has 1 aliphatic carbocycles. The molecule has 88 valence electrons. The number of carbonyl (C=O) groups excluding carboxylic acids is 1. The van der Waals surface area contributed by atoms with Crippen molar-refractivity contribution < 1.29 is 22.1 Å². The highest BCUT2D eigenvalue weighted by molar-refractivity contribution is 7.86. The molecule has 0 bridgehead atoms. The van der Waals surface area contributed by atoms with E-state index < -0.39 is 15.7 Å². The standard InChI is InChI=1S/C9H16O5S/c1-3-8(10)13-7-6-9(4-5-9)14-15(2,11)12/h3-7H2,1-2H3. The van der Waals surface area contributed by atoms with Crippen molar-refractivity contribution >= 4 is 16.1 Å². The minimum Gasteiger partial charge on any atom is -0.466 e. The normalized spacial score (nSPS) is 18.5. The van der Waals surface area contributed by atoms with Gasteiger partial charge in [-0.05, 0) is 12.8 Å². The van der Waals surface area contributed by atoms with Crippen LogP contribution in [-0.2, 0) is 23.8 Å².